The number of benzene rings is 1. The van der Waals surface area contributed by atoms with E-state index in [-0.39, 0.29) is 17.6 Å². The van der Waals surface area contributed by atoms with Gasteiger partial charge in [-0.25, -0.2) is 9.78 Å². The fraction of sp³-hybridized carbons (Fsp3) is 0.385. The predicted octanol–water partition coefficient (Wildman–Crippen LogP) is 3.62. The Morgan fingerprint density at radius 1 is 1.29 bits per heavy atom. The number of carbonyl (C=O) groups is 1. The first-order valence-corrected chi connectivity index (χ1v) is 12.0. The van der Waals surface area contributed by atoms with Crippen LogP contribution in [0.2, 0.25) is 0 Å². The van der Waals surface area contributed by atoms with Gasteiger partial charge in [0.05, 0.1) is 17.3 Å². The van der Waals surface area contributed by atoms with Gasteiger partial charge in [0.2, 0.25) is 0 Å². The summed E-state index contributed by atoms with van der Waals surface area (Å²) >= 11 is 0. The summed E-state index contributed by atoms with van der Waals surface area (Å²) in [6, 6.07) is 13.4. The van der Waals surface area contributed by atoms with Crippen LogP contribution in [-0.4, -0.2) is 45.3 Å². The first-order chi connectivity index (χ1) is 16.9. The molecule has 2 atom stereocenters. The molecule has 5 rings (SSSR count). The number of fused-ring (bicyclic) bond motifs is 2. The summed E-state index contributed by atoms with van der Waals surface area (Å²) in [6.45, 7) is 6.79. The zero-order valence-electron chi connectivity index (χ0n) is 20.0. The van der Waals surface area contributed by atoms with Crippen molar-refractivity contribution in [3.05, 3.63) is 59.4 Å². The molecular formula is C26H29N7O2. The number of hydrogen-bond acceptors (Lipinski definition) is 6. The average molecular weight is 472 g/mol. The first-order valence-electron chi connectivity index (χ1n) is 12.0. The topological polar surface area (TPSA) is 122 Å². The second-order valence-corrected chi connectivity index (χ2v) is 9.28. The van der Waals surface area contributed by atoms with Gasteiger partial charge in [-0.15, -0.1) is 0 Å². The Hall–Kier alpha value is -4.06. The summed E-state index contributed by atoms with van der Waals surface area (Å²) in [5.74, 6) is 0.802. The quantitative estimate of drug-likeness (QED) is 0.586. The highest BCUT2D eigenvalue weighted by Crippen LogP contribution is 2.44. The highest BCUT2D eigenvalue weighted by molar-refractivity contribution is 5.75. The SMILES string of the molecule is CCNC(=O)N1CC[C@@]2(CCn3nc(-c4cnc(N)c(OC(C)c5ccc(C#N)cc5)c4)cc32)C1. The fourth-order valence-electron chi connectivity index (χ4n) is 5.10. The summed E-state index contributed by atoms with van der Waals surface area (Å²) in [6.07, 6.45) is 3.37. The summed E-state index contributed by atoms with van der Waals surface area (Å²) in [5.41, 5.74) is 10.4. The third-order valence-electron chi connectivity index (χ3n) is 7.08. The number of ether oxygens (including phenoxy) is 1. The first kappa shape index (κ1) is 22.7. The van der Waals surface area contributed by atoms with Crippen molar-refractivity contribution in [1.82, 2.24) is 25.0 Å². The number of nitrogen functional groups attached to an aromatic ring is 1. The smallest absolute Gasteiger partial charge is 0.317 e. The van der Waals surface area contributed by atoms with Crippen LogP contribution in [0, 0.1) is 11.3 Å². The fourth-order valence-corrected chi connectivity index (χ4v) is 5.10. The number of nitriles is 1. The summed E-state index contributed by atoms with van der Waals surface area (Å²) in [7, 11) is 0. The highest BCUT2D eigenvalue weighted by atomic mass is 16.5. The highest BCUT2D eigenvalue weighted by Gasteiger charge is 2.46. The number of urea groups is 1. The summed E-state index contributed by atoms with van der Waals surface area (Å²) in [4.78, 5) is 18.6. The molecule has 2 aliphatic heterocycles. The number of aromatic nitrogens is 3. The Morgan fingerprint density at radius 2 is 2.06 bits per heavy atom. The Bertz CT molecular complexity index is 1290. The predicted molar refractivity (Wildman–Crippen MR) is 132 cm³/mol. The van der Waals surface area contributed by atoms with E-state index in [2.05, 4.69) is 27.1 Å². The van der Waals surface area contributed by atoms with Gasteiger partial charge >= 0.3 is 6.03 Å². The van der Waals surface area contributed by atoms with Gasteiger partial charge in [-0.2, -0.15) is 10.4 Å². The molecule has 35 heavy (non-hydrogen) atoms. The standard InChI is InChI=1S/C26H29N7O2/c1-3-29-25(34)32-10-8-26(16-32)9-11-33-23(26)13-21(31-33)20-12-22(24(28)30-15-20)35-17(2)19-6-4-18(14-27)5-7-19/h4-7,12-13,15,17H,3,8-11,16H2,1-2H3,(H2,28,30)(H,29,34)/t17?,26-/m1/s1. The van der Waals surface area contributed by atoms with E-state index in [9.17, 15) is 4.79 Å². The Labute approximate surface area is 204 Å². The molecule has 1 aromatic carbocycles. The van der Waals surface area contributed by atoms with Gasteiger partial charge in [0.1, 0.15) is 6.10 Å². The molecule has 4 heterocycles. The molecule has 0 bridgehead atoms. The molecule has 1 saturated heterocycles. The van der Waals surface area contributed by atoms with Gasteiger partial charge in [-0.3, -0.25) is 4.68 Å². The maximum absolute atomic E-state index is 12.4. The molecule has 2 aromatic heterocycles. The van der Waals surface area contributed by atoms with Crippen molar-refractivity contribution in [3.63, 3.8) is 0 Å². The van der Waals surface area contributed by atoms with Crippen LogP contribution in [0.3, 0.4) is 0 Å². The van der Waals surface area contributed by atoms with E-state index >= 15 is 0 Å². The third kappa shape index (κ3) is 4.16. The lowest BCUT2D eigenvalue weighted by molar-refractivity contribution is 0.206. The van der Waals surface area contributed by atoms with Gasteiger partial charge in [0.25, 0.3) is 0 Å². The minimum atomic E-state index is -0.267. The van der Waals surface area contributed by atoms with Crippen LogP contribution in [0.4, 0.5) is 10.6 Å². The number of rotatable bonds is 5. The maximum atomic E-state index is 12.4. The van der Waals surface area contributed by atoms with Crippen LogP contribution in [0.5, 0.6) is 5.75 Å². The van der Waals surface area contributed by atoms with Crippen molar-refractivity contribution in [2.24, 2.45) is 0 Å². The number of pyridine rings is 1. The Morgan fingerprint density at radius 3 is 2.80 bits per heavy atom. The molecule has 0 saturated carbocycles. The molecule has 2 amide bonds. The lowest BCUT2D eigenvalue weighted by Gasteiger charge is -2.23. The molecule has 0 aliphatic carbocycles. The zero-order chi connectivity index (χ0) is 24.6. The van der Waals surface area contributed by atoms with Crippen molar-refractivity contribution in [2.45, 2.75) is 44.8 Å². The lowest BCUT2D eigenvalue weighted by atomic mass is 9.82. The number of nitrogens with two attached hydrogens (primary N) is 1. The van der Waals surface area contributed by atoms with Gasteiger partial charge in [0.15, 0.2) is 11.6 Å². The van der Waals surface area contributed by atoms with Crippen LogP contribution in [0.25, 0.3) is 11.3 Å². The largest absolute Gasteiger partial charge is 0.482 e. The molecule has 3 aromatic rings. The number of carbonyl (C=O) groups excluding carboxylic acids is 1. The number of aryl methyl sites for hydroxylation is 1. The van der Waals surface area contributed by atoms with Crippen LogP contribution in [-0.2, 0) is 12.0 Å². The molecule has 1 unspecified atom stereocenters. The molecule has 1 fully saturated rings. The molecule has 1 spiro atoms. The number of nitrogens with zero attached hydrogens (tertiary/aromatic N) is 5. The van der Waals surface area contributed by atoms with Crippen molar-refractivity contribution < 1.29 is 9.53 Å². The normalized spacial score (nSPS) is 19.4. The van der Waals surface area contributed by atoms with E-state index in [0.717, 1.165) is 42.8 Å². The number of amides is 2. The number of anilines is 1. The summed E-state index contributed by atoms with van der Waals surface area (Å²) in [5, 5.41) is 16.8. The monoisotopic (exact) mass is 471 g/mol. The van der Waals surface area contributed by atoms with E-state index in [0.29, 0.717) is 30.2 Å². The average Bonchev–Trinajstić information content (AvgIpc) is 3.57. The number of likely N-dealkylation sites (tertiary alicyclic amines) is 1. The minimum absolute atomic E-state index is 0.00322. The van der Waals surface area contributed by atoms with Crippen LogP contribution >= 0.6 is 0 Å². The second kappa shape index (κ2) is 8.95. The Kier molecular flexibility index (Phi) is 5.81. The van der Waals surface area contributed by atoms with E-state index in [1.807, 2.05) is 36.9 Å². The summed E-state index contributed by atoms with van der Waals surface area (Å²) < 4.78 is 8.21. The van der Waals surface area contributed by atoms with Crippen molar-refractivity contribution in [3.8, 4) is 23.1 Å². The van der Waals surface area contributed by atoms with Gasteiger partial charge in [0, 0.05) is 49.0 Å². The molecule has 3 N–H and O–H groups in total. The molecule has 9 heteroatoms. The van der Waals surface area contributed by atoms with E-state index < -0.39 is 0 Å². The van der Waals surface area contributed by atoms with E-state index in [4.69, 9.17) is 20.8 Å². The van der Waals surface area contributed by atoms with Gasteiger partial charge in [-0.1, -0.05) is 12.1 Å². The molecule has 9 nitrogen and oxygen atoms in total. The van der Waals surface area contributed by atoms with Crippen molar-refractivity contribution in [2.75, 3.05) is 25.4 Å². The number of hydrogen-bond donors (Lipinski definition) is 2. The van der Waals surface area contributed by atoms with Crippen LogP contribution in [0.15, 0.2) is 42.6 Å². The Balaban J connectivity index is 1.37. The minimum Gasteiger partial charge on any atom is -0.482 e. The van der Waals surface area contributed by atoms with E-state index in [1.165, 1.54) is 5.69 Å². The molecule has 0 radical (unpaired) electrons. The van der Waals surface area contributed by atoms with Gasteiger partial charge < -0.3 is 20.7 Å². The molecular weight excluding hydrogens is 442 g/mol. The molecule has 180 valence electrons. The van der Waals surface area contributed by atoms with Crippen LogP contribution in [0.1, 0.15) is 49.6 Å². The molecule has 2 aliphatic rings. The van der Waals surface area contributed by atoms with Crippen molar-refractivity contribution >= 4 is 11.8 Å². The lowest BCUT2D eigenvalue weighted by Crippen LogP contribution is -2.40. The van der Waals surface area contributed by atoms with E-state index in [1.54, 1.807) is 18.3 Å². The zero-order valence-corrected chi connectivity index (χ0v) is 20.0. The third-order valence-corrected chi connectivity index (χ3v) is 7.08. The van der Waals surface area contributed by atoms with Crippen molar-refractivity contribution in [1.29, 1.82) is 5.26 Å². The van der Waals surface area contributed by atoms with Crippen LogP contribution < -0.4 is 15.8 Å². The van der Waals surface area contributed by atoms with Gasteiger partial charge in [-0.05, 0) is 56.5 Å². The second-order valence-electron chi connectivity index (χ2n) is 9.28. The maximum Gasteiger partial charge on any atom is 0.317 e. The number of nitrogens with one attached hydrogen (secondary N) is 1.